The molecule has 0 aliphatic carbocycles. The highest BCUT2D eigenvalue weighted by atomic mass is 16.5. The number of carbonyl (C=O) groups is 1. The van der Waals surface area contributed by atoms with Crippen molar-refractivity contribution in [2.75, 3.05) is 39.8 Å². The molecule has 134 valence electrons. The van der Waals surface area contributed by atoms with Crippen molar-refractivity contribution < 1.29 is 19.0 Å². The van der Waals surface area contributed by atoms with E-state index < -0.39 is 0 Å². The summed E-state index contributed by atoms with van der Waals surface area (Å²) in [6, 6.07) is 7.47. The van der Waals surface area contributed by atoms with Crippen LogP contribution in [0.15, 0.2) is 36.7 Å². The van der Waals surface area contributed by atoms with Crippen molar-refractivity contribution in [3.05, 3.63) is 47.8 Å². The maximum absolute atomic E-state index is 12.0. The van der Waals surface area contributed by atoms with E-state index in [9.17, 15) is 4.79 Å². The Labute approximate surface area is 147 Å². The molecule has 25 heavy (non-hydrogen) atoms. The van der Waals surface area contributed by atoms with Crippen LogP contribution in [0.5, 0.6) is 11.5 Å². The van der Waals surface area contributed by atoms with E-state index in [0.717, 1.165) is 11.3 Å². The Bertz CT molecular complexity index is 706. The lowest BCUT2D eigenvalue weighted by Gasteiger charge is -2.11. The zero-order valence-corrected chi connectivity index (χ0v) is 14.7. The molecule has 7 nitrogen and oxygen atoms in total. The van der Waals surface area contributed by atoms with Crippen molar-refractivity contribution in [2.24, 2.45) is 0 Å². The molecular formula is C18H23N3O4. The van der Waals surface area contributed by atoms with Crippen LogP contribution in [-0.2, 0) is 11.3 Å². The molecule has 0 bridgehead atoms. The number of pyridine rings is 1. The third kappa shape index (κ3) is 5.36. The van der Waals surface area contributed by atoms with Crippen LogP contribution < -0.4 is 20.1 Å². The maximum atomic E-state index is 12.0. The monoisotopic (exact) mass is 345 g/mol. The van der Waals surface area contributed by atoms with E-state index in [4.69, 9.17) is 14.2 Å². The molecule has 7 heteroatoms. The normalized spacial score (nSPS) is 10.2. The first kappa shape index (κ1) is 18.5. The predicted molar refractivity (Wildman–Crippen MR) is 95.3 cm³/mol. The van der Waals surface area contributed by atoms with Gasteiger partial charge in [-0.3, -0.25) is 9.78 Å². The number of aromatic nitrogens is 1. The Balaban J connectivity index is 1.99. The second-order valence-corrected chi connectivity index (χ2v) is 5.25. The van der Waals surface area contributed by atoms with Crippen molar-refractivity contribution >= 4 is 11.6 Å². The number of amides is 1. The molecule has 0 spiro atoms. The molecule has 1 aromatic carbocycles. The lowest BCUT2D eigenvalue weighted by Crippen LogP contribution is -2.27. The smallest absolute Gasteiger partial charge is 0.253 e. The van der Waals surface area contributed by atoms with E-state index in [-0.39, 0.29) is 5.91 Å². The number of nitrogens with one attached hydrogen (secondary N) is 2. The molecule has 2 rings (SSSR count). The van der Waals surface area contributed by atoms with Gasteiger partial charge >= 0.3 is 0 Å². The van der Waals surface area contributed by atoms with E-state index in [1.54, 1.807) is 33.6 Å². The summed E-state index contributed by atoms with van der Waals surface area (Å²) < 4.78 is 15.4. The van der Waals surface area contributed by atoms with Crippen LogP contribution in [0, 0.1) is 0 Å². The number of nitrogens with zero attached hydrogens (tertiary/aromatic N) is 1. The summed E-state index contributed by atoms with van der Waals surface area (Å²) in [5.74, 6) is 1.17. The van der Waals surface area contributed by atoms with Gasteiger partial charge in [0.15, 0.2) is 11.5 Å². The largest absolute Gasteiger partial charge is 0.493 e. The molecule has 0 unspecified atom stereocenters. The lowest BCUT2D eigenvalue weighted by molar-refractivity contribution is 0.0937. The van der Waals surface area contributed by atoms with Crippen LogP contribution >= 0.6 is 0 Å². The Morgan fingerprint density at radius 3 is 2.60 bits per heavy atom. The lowest BCUT2D eigenvalue weighted by atomic mass is 10.2. The zero-order valence-electron chi connectivity index (χ0n) is 14.7. The molecule has 2 aromatic rings. The molecule has 0 saturated heterocycles. The van der Waals surface area contributed by atoms with Gasteiger partial charge in [0.05, 0.1) is 32.1 Å². The zero-order chi connectivity index (χ0) is 18.1. The molecule has 1 heterocycles. The number of hydrogen-bond acceptors (Lipinski definition) is 6. The van der Waals surface area contributed by atoms with Crippen LogP contribution in [0.1, 0.15) is 15.9 Å². The number of ether oxygens (including phenoxy) is 3. The molecule has 1 aromatic heterocycles. The number of anilines is 1. The van der Waals surface area contributed by atoms with Crippen molar-refractivity contribution in [3.63, 3.8) is 0 Å². The van der Waals surface area contributed by atoms with Gasteiger partial charge in [0, 0.05) is 32.6 Å². The van der Waals surface area contributed by atoms with Gasteiger partial charge < -0.3 is 24.8 Å². The number of hydrogen-bond donors (Lipinski definition) is 2. The summed E-state index contributed by atoms with van der Waals surface area (Å²) >= 11 is 0. The highest BCUT2D eigenvalue weighted by molar-refractivity contribution is 5.94. The van der Waals surface area contributed by atoms with Gasteiger partial charge in [0.1, 0.15) is 0 Å². The summed E-state index contributed by atoms with van der Waals surface area (Å²) in [6.07, 6.45) is 3.20. The van der Waals surface area contributed by atoms with Gasteiger partial charge in [-0.05, 0) is 23.8 Å². The Kier molecular flexibility index (Phi) is 7.03. The fourth-order valence-electron chi connectivity index (χ4n) is 2.22. The van der Waals surface area contributed by atoms with Gasteiger partial charge in [-0.1, -0.05) is 6.07 Å². The average Bonchev–Trinajstić information content (AvgIpc) is 2.66. The molecule has 0 atom stereocenters. The van der Waals surface area contributed by atoms with E-state index in [1.165, 1.54) is 6.20 Å². The van der Waals surface area contributed by atoms with Crippen LogP contribution in [0.25, 0.3) is 0 Å². The van der Waals surface area contributed by atoms with Gasteiger partial charge in [-0.2, -0.15) is 0 Å². The molecular weight excluding hydrogens is 322 g/mol. The number of benzene rings is 1. The van der Waals surface area contributed by atoms with Gasteiger partial charge in [-0.15, -0.1) is 0 Å². The van der Waals surface area contributed by atoms with E-state index in [2.05, 4.69) is 15.6 Å². The minimum Gasteiger partial charge on any atom is -0.493 e. The molecule has 0 radical (unpaired) electrons. The SMILES string of the molecule is COCCNC(=O)c1cncc(NCc2ccc(OC)c(OC)c2)c1. The molecule has 1 amide bonds. The second kappa shape index (κ2) is 9.48. The van der Waals surface area contributed by atoms with E-state index in [1.807, 2.05) is 18.2 Å². The van der Waals surface area contributed by atoms with Crippen molar-refractivity contribution in [2.45, 2.75) is 6.54 Å². The molecule has 0 aliphatic rings. The first-order valence-corrected chi connectivity index (χ1v) is 7.85. The van der Waals surface area contributed by atoms with Gasteiger partial charge in [-0.25, -0.2) is 0 Å². The van der Waals surface area contributed by atoms with Crippen LogP contribution in [0.4, 0.5) is 5.69 Å². The third-order valence-electron chi connectivity index (χ3n) is 3.54. The van der Waals surface area contributed by atoms with Gasteiger partial charge in [0.2, 0.25) is 0 Å². The molecule has 2 N–H and O–H groups in total. The highest BCUT2D eigenvalue weighted by Gasteiger charge is 2.07. The quantitative estimate of drug-likeness (QED) is 0.677. The van der Waals surface area contributed by atoms with Crippen LogP contribution in [0.2, 0.25) is 0 Å². The Morgan fingerprint density at radius 1 is 1.08 bits per heavy atom. The fourth-order valence-corrected chi connectivity index (χ4v) is 2.22. The third-order valence-corrected chi connectivity index (χ3v) is 3.54. The Hall–Kier alpha value is -2.80. The topological polar surface area (TPSA) is 81.7 Å². The number of methoxy groups -OCH3 is 3. The number of rotatable bonds is 9. The van der Waals surface area contributed by atoms with Crippen LogP contribution in [-0.4, -0.2) is 45.4 Å². The fraction of sp³-hybridized carbons (Fsp3) is 0.333. The molecule has 0 aliphatic heterocycles. The molecule has 0 saturated carbocycles. The van der Waals surface area contributed by atoms with Crippen molar-refractivity contribution in [3.8, 4) is 11.5 Å². The number of carbonyl (C=O) groups excluding carboxylic acids is 1. The van der Waals surface area contributed by atoms with E-state index >= 15 is 0 Å². The minimum absolute atomic E-state index is 0.181. The summed E-state index contributed by atoms with van der Waals surface area (Å²) in [7, 11) is 4.79. The van der Waals surface area contributed by atoms with Crippen molar-refractivity contribution in [1.29, 1.82) is 0 Å². The minimum atomic E-state index is -0.181. The summed E-state index contributed by atoms with van der Waals surface area (Å²) in [6.45, 7) is 1.49. The summed E-state index contributed by atoms with van der Waals surface area (Å²) in [4.78, 5) is 16.1. The summed E-state index contributed by atoms with van der Waals surface area (Å²) in [5.41, 5.74) is 2.27. The van der Waals surface area contributed by atoms with Crippen LogP contribution in [0.3, 0.4) is 0 Å². The first-order chi connectivity index (χ1) is 12.2. The standard InChI is InChI=1S/C18H23N3O4/c1-23-7-6-20-18(22)14-9-15(12-19-11-14)21-10-13-4-5-16(24-2)17(8-13)25-3/h4-5,8-9,11-12,21H,6-7,10H2,1-3H3,(H,20,22). The second-order valence-electron chi connectivity index (χ2n) is 5.25. The Morgan fingerprint density at radius 2 is 1.88 bits per heavy atom. The summed E-state index contributed by atoms with van der Waals surface area (Å²) in [5, 5.41) is 6.02. The van der Waals surface area contributed by atoms with Gasteiger partial charge in [0.25, 0.3) is 5.91 Å². The molecule has 0 fully saturated rings. The highest BCUT2D eigenvalue weighted by Crippen LogP contribution is 2.27. The predicted octanol–water partition coefficient (Wildman–Crippen LogP) is 2.09. The van der Waals surface area contributed by atoms with E-state index in [0.29, 0.717) is 36.8 Å². The average molecular weight is 345 g/mol. The maximum Gasteiger partial charge on any atom is 0.253 e. The van der Waals surface area contributed by atoms with Crippen molar-refractivity contribution in [1.82, 2.24) is 10.3 Å². The first-order valence-electron chi connectivity index (χ1n) is 7.85.